The van der Waals surface area contributed by atoms with Gasteiger partial charge in [-0.3, -0.25) is 9.59 Å². The minimum atomic E-state index is -0.658. The van der Waals surface area contributed by atoms with E-state index in [-0.39, 0.29) is 24.3 Å². The van der Waals surface area contributed by atoms with Crippen LogP contribution in [0.2, 0.25) is 0 Å². The summed E-state index contributed by atoms with van der Waals surface area (Å²) < 4.78 is 9.65. The van der Waals surface area contributed by atoms with Gasteiger partial charge in [0, 0.05) is 5.92 Å². The van der Waals surface area contributed by atoms with Gasteiger partial charge in [0.15, 0.2) is 0 Å². The van der Waals surface area contributed by atoms with E-state index in [1.54, 1.807) is 0 Å². The average Bonchev–Trinajstić information content (AvgIpc) is 2.82. The lowest BCUT2D eigenvalue weighted by molar-refractivity contribution is -0.156. The molecule has 0 radical (unpaired) electrons. The summed E-state index contributed by atoms with van der Waals surface area (Å²) in [4.78, 5) is 23.6. The van der Waals surface area contributed by atoms with Crippen molar-refractivity contribution >= 4 is 11.9 Å². The second-order valence-electron chi connectivity index (χ2n) is 4.75. The highest BCUT2D eigenvalue weighted by molar-refractivity contribution is 5.80. The lowest BCUT2D eigenvalue weighted by atomic mass is 9.73. The molecule has 0 aromatic carbocycles. The van der Waals surface area contributed by atoms with Crippen molar-refractivity contribution in [1.29, 1.82) is 0 Å². The molecule has 0 amide bonds. The Labute approximate surface area is 114 Å². The van der Waals surface area contributed by atoms with Gasteiger partial charge in [-0.05, 0) is 19.3 Å². The Hall–Kier alpha value is -1.58. The van der Waals surface area contributed by atoms with Crippen molar-refractivity contribution in [2.75, 3.05) is 14.2 Å². The number of carbonyl (C=O) groups is 2. The van der Waals surface area contributed by atoms with Gasteiger partial charge in [-0.2, -0.15) is 0 Å². The highest BCUT2D eigenvalue weighted by atomic mass is 16.5. The fraction of sp³-hybridized carbons (Fsp3) is 0.600. The minimum Gasteiger partial charge on any atom is -0.469 e. The zero-order valence-corrected chi connectivity index (χ0v) is 11.8. The van der Waals surface area contributed by atoms with E-state index in [2.05, 4.69) is 0 Å². The maximum absolute atomic E-state index is 12.2. The Morgan fingerprint density at radius 2 is 2.05 bits per heavy atom. The Bertz CT molecular complexity index is 384. The van der Waals surface area contributed by atoms with Gasteiger partial charge in [0.2, 0.25) is 0 Å². The molecule has 0 N–H and O–H groups in total. The fourth-order valence-electron chi connectivity index (χ4n) is 2.52. The normalized spacial score (nSPS) is 25.7. The molecule has 19 heavy (non-hydrogen) atoms. The molecule has 1 aliphatic rings. The molecule has 0 saturated carbocycles. The lowest BCUT2D eigenvalue weighted by Gasteiger charge is -2.31. The first-order valence-corrected chi connectivity index (χ1v) is 6.57. The highest BCUT2D eigenvalue weighted by Crippen LogP contribution is 2.45. The van der Waals surface area contributed by atoms with Crippen molar-refractivity contribution in [3.8, 4) is 0 Å². The van der Waals surface area contributed by atoms with Crippen LogP contribution >= 0.6 is 0 Å². The third-order valence-corrected chi connectivity index (χ3v) is 3.65. The van der Waals surface area contributed by atoms with Crippen LogP contribution < -0.4 is 0 Å². The fourth-order valence-corrected chi connectivity index (χ4v) is 2.52. The molecular weight excluding hydrogens is 244 g/mol. The van der Waals surface area contributed by atoms with E-state index in [9.17, 15) is 9.59 Å². The lowest BCUT2D eigenvalue weighted by Crippen LogP contribution is -2.37. The molecule has 0 bridgehead atoms. The van der Waals surface area contributed by atoms with E-state index >= 15 is 0 Å². The average molecular weight is 266 g/mol. The van der Waals surface area contributed by atoms with Gasteiger partial charge in [0.25, 0.3) is 0 Å². The zero-order valence-electron chi connectivity index (χ0n) is 11.8. The molecule has 0 spiro atoms. The number of hydrogen-bond donors (Lipinski definition) is 0. The first-order chi connectivity index (χ1) is 9.10. The predicted octanol–water partition coefficient (Wildman–Crippen LogP) is 2.64. The van der Waals surface area contributed by atoms with E-state index in [1.807, 2.05) is 31.2 Å². The summed E-state index contributed by atoms with van der Waals surface area (Å²) in [5, 5.41) is 0. The smallest absolute Gasteiger partial charge is 0.313 e. The maximum atomic E-state index is 12.2. The first kappa shape index (κ1) is 15.5. The first-order valence-electron chi connectivity index (χ1n) is 6.57. The van der Waals surface area contributed by atoms with Crippen LogP contribution in [0.25, 0.3) is 0 Å². The van der Waals surface area contributed by atoms with Crippen molar-refractivity contribution in [2.24, 2.45) is 11.3 Å². The molecule has 0 fully saturated rings. The Morgan fingerprint density at radius 1 is 1.32 bits per heavy atom. The van der Waals surface area contributed by atoms with Crippen LogP contribution in [0, 0.1) is 11.3 Å². The molecule has 4 heteroatoms. The van der Waals surface area contributed by atoms with Crippen molar-refractivity contribution in [3.63, 3.8) is 0 Å². The summed E-state index contributed by atoms with van der Waals surface area (Å²) in [5.74, 6) is -0.717. The van der Waals surface area contributed by atoms with E-state index in [0.717, 1.165) is 6.42 Å². The SMILES string of the molecule is CCC=CCC1(C(=O)OC)CC=CC1CC(=O)OC. The molecule has 1 aliphatic carbocycles. The van der Waals surface area contributed by atoms with Crippen LogP contribution in [-0.4, -0.2) is 26.2 Å². The van der Waals surface area contributed by atoms with Gasteiger partial charge in [-0.15, -0.1) is 0 Å². The zero-order chi connectivity index (χ0) is 14.3. The molecule has 106 valence electrons. The van der Waals surface area contributed by atoms with Crippen LogP contribution in [0.15, 0.2) is 24.3 Å². The van der Waals surface area contributed by atoms with Crippen molar-refractivity contribution in [2.45, 2.75) is 32.6 Å². The maximum Gasteiger partial charge on any atom is 0.313 e. The van der Waals surface area contributed by atoms with Crippen LogP contribution in [0.3, 0.4) is 0 Å². The molecule has 4 nitrogen and oxygen atoms in total. The van der Waals surface area contributed by atoms with Crippen molar-refractivity contribution in [1.82, 2.24) is 0 Å². The van der Waals surface area contributed by atoms with Gasteiger partial charge in [0.1, 0.15) is 0 Å². The topological polar surface area (TPSA) is 52.6 Å². The van der Waals surface area contributed by atoms with Crippen LogP contribution in [0.4, 0.5) is 0 Å². The standard InChI is InChI=1S/C15H22O4/c1-4-5-6-9-15(14(17)19-3)10-7-8-12(15)11-13(16)18-2/h5-8,12H,4,9-11H2,1-3H3. The number of rotatable bonds is 6. The molecule has 0 aromatic heterocycles. The summed E-state index contributed by atoms with van der Waals surface area (Å²) in [6, 6.07) is 0. The minimum absolute atomic E-state index is 0.158. The number of carbonyl (C=O) groups excluding carboxylic acids is 2. The number of methoxy groups -OCH3 is 2. The van der Waals surface area contributed by atoms with Crippen LogP contribution in [-0.2, 0) is 19.1 Å². The monoisotopic (exact) mass is 266 g/mol. The van der Waals surface area contributed by atoms with Crippen molar-refractivity contribution in [3.05, 3.63) is 24.3 Å². The van der Waals surface area contributed by atoms with Crippen molar-refractivity contribution < 1.29 is 19.1 Å². The molecule has 2 unspecified atom stereocenters. The van der Waals surface area contributed by atoms with Crippen LogP contribution in [0.1, 0.15) is 32.6 Å². The molecule has 1 rings (SSSR count). The largest absolute Gasteiger partial charge is 0.469 e. The van der Waals surface area contributed by atoms with Gasteiger partial charge in [-0.25, -0.2) is 0 Å². The molecule has 2 atom stereocenters. The summed E-state index contributed by atoms with van der Waals surface area (Å²) in [5.41, 5.74) is -0.658. The third kappa shape index (κ3) is 3.46. The predicted molar refractivity (Wildman–Crippen MR) is 72.4 cm³/mol. The van der Waals surface area contributed by atoms with Gasteiger partial charge in [-0.1, -0.05) is 31.2 Å². The molecule has 0 aliphatic heterocycles. The van der Waals surface area contributed by atoms with Gasteiger partial charge < -0.3 is 9.47 Å². The second kappa shape index (κ2) is 7.12. The molecule has 0 saturated heterocycles. The van der Waals surface area contributed by atoms with E-state index in [1.165, 1.54) is 14.2 Å². The van der Waals surface area contributed by atoms with Crippen LogP contribution in [0.5, 0.6) is 0 Å². The van der Waals surface area contributed by atoms with Gasteiger partial charge in [0.05, 0.1) is 26.1 Å². The summed E-state index contributed by atoms with van der Waals surface area (Å²) in [6.45, 7) is 2.04. The Kier molecular flexibility index (Phi) is 5.80. The van der Waals surface area contributed by atoms with E-state index in [4.69, 9.17) is 9.47 Å². The summed E-state index contributed by atoms with van der Waals surface area (Å²) in [7, 11) is 2.75. The Balaban J connectivity index is 2.91. The molecule has 0 aromatic rings. The highest BCUT2D eigenvalue weighted by Gasteiger charge is 2.47. The molecule has 0 heterocycles. The second-order valence-corrected chi connectivity index (χ2v) is 4.75. The number of ether oxygens (including phenoxy) is 2. The number of esters is 2. The quantitative estimate of drug-likeness (QED) is 0.548. The number of hydrogen-bond acceptors (Lipinski definition) is 4. The number of allylic oxidation sites excluding steroid dienone is 4. The Morgan fingerprint density at radius 3 is 2.63 bits per heavy atom. The summed E-state index contributed by atoms with van der Waals surface area (Å²) in [6.07, 6.45) is 10.2. The van der Waals surface area contributed by atoms with Gasteiger partial charge >= 0.3 is 11.9 Å². The third-order valence-electron chi connectivity index (χ3n) is 3.65. The molecular formula is C15H22O4. The summed E-state index contributed by atoms with van der Waals surface area (Å²) >= 11 is 0. The van der Waals surface area contributed by atoms with E-state index in [0.29, 0.717) is 12.8 Å². The van der Waals surface area contributed by atoms with E-state index < -0.39 is 5.41 Å².